The van der Waals surface area contributed by atoms with Gasteiger partial charge in [0.05, 0.1) is 9.75 Å². The summed E-state index contributed by atoms with van der Waals surface area (Å²) in [6.07, 6.45) is -0.270. The van der Waals surface area contributed by atoms with Gasteiger partial charge in [-0.3, -0.25) is 9.59 Å². The van der Waals surface area contributed by atoms with E-state index in [-0.39, 0.29) is 11.6 Å². The van der Waals surface area contributed by atoms with Gasteiger partial charge in [0, 0.05) is 12.1 Å². The van der Waals surface area contributed by atoms with Crippen molar-refractivity contribution in [1.82, 2.24) is 0 Å². The van der Waals surface area contributed by atoms with Crippen LogP contribution < -0.4 is 43.1 Å². The summed E-state index contributed by atoms with van der Waals surface area (Å²) in [6, 6.07) is 27.5. The molecular weight excluding hydrogens is 1210 g/mol. The summed E-state index contributed by atoms with van der Waals surface area (Å²) in [4.78, 5) is 26.4. The Labute approximate surface area is 431 Å². The Morgan fingerprint density at radius 1 is 0.316 bits per heavy atom. The van der Waals surface area contributed by atoms with Gasteiger partial charge in [-0.05, 0) is 35.4 Å². The molecule has 0 atom stereocenters. The average molecular weight is 1230 g/mol. The van der Waals surface area contributed by atoms with E-state index >= 15 is 35.1 Å². The molecule has 0 aliphatic carbocycles. The van der Waals surface area contributed by atoms with Gasteiger partial charge in [-0.1, -0.05) is 95.5 Å². The normalized spacial score (nSPS) is 11.7. The van der Waals surface area contributed by atoms with Gasteiger partial charge in [-0.15, -0.1) is 21.9 Å². The van der Waals surface area contributed by atoms with Gasteiger partial charge >= 0.3 is 21.2 Å². The first-order valence-electron chi connectivity index (χ1n) is 20.5. The monoisotopic (exact) mass is 1230 g/mol. The number of halogens is 21. The van der Waals surface area contributed by atoms with Crippen LogP contribution in [0.3, 0.4) is 0 Å². The maximum Gasteiger partial charge on any atom is 0.381 e. The lowest BCUT2D eigenvalue weighted by Crippen LogP contribution is -3.61. The third-order valence-electron chi connectivity index (χ3n) is 11.0. The van der Waals surface area contributed by atoms with Gasteiger partial charge in [0.25, 0.3) is 0 Å². The zero-order valence-corrected chi connectivity index (χ0v) is 40.3. The number of benzene rings is 6. The third-order valence-corrected chi connectivity index (χ3v) is 16.9. The molecule has 2 heterocycles. The summed E-state index contributed by atoms with van der Waals surface area (Å²) in [5, 5.41) is 0. The van der Waals surface area contributed by atoms with Crippen molar-refractivity contribution in [3.63, 3.8) is 0 Å². The lowest BCUT2D eigenvalue weighted by molar-refractivity contribution is -0.585. The summed E-state index contributed by atoms with van der Waals surface area (Å²) in [6.45, 7) is 0. The van der Waals surface area contributed by atoms with Gasteiger partial charge < -0.3 is 0 Å². The molecule has 392 valence electrons. The van der Waals surface area contributed by atoms with Crippen LogP contribution in [-0.2, 0) is 0 Å². The molecule has 0 unspecified atom stereocenters. The van der Waals surface area contributed by atoms with Crippen molar-refractivity contribution >= 4 is 74.4 Å². The molecule has 0 saturated heterocycles. The fraction of sp³-hybridized carbons (Fsp3) is 0. The summed E-state index contributed by atoms with van der Waals surface area (Å²) in [5.41, 5.74) is -12.3. The molecule has 0 bridgehead atoms. The number of carbonyl (C=O) groups excluding carboxylic acids is 2. The van der Waals surface area contributed by atoms with E-state index in [1.807, 2.05) is 97.1 Å². The van der Waals surface area contributed by atoms with Crippen LogP contribution in [0.15, 0.2) is 97.1 Å². The second-order valence-corrected chi connectivity index (χ2v) is 21.8. The van der Waals surface area contributed by atoms with Crippen molar-refractivity contribution in [3.05, 3.63) is 240 Å². The number of rotatable bonds is 12. The van der Waals surface area contributed by atoms with E-state index in [0.29, 0.717) is 0 Å². The first kappa shape index (κ1) is 56.7. The number of carbonyl (C=O) groups is 2. The number of ketones is 2. The maximum absolute atomic E-state index is 15.4. The quantitative estimate of drug-likeness (QED) is 0.0233. The predicted octanol–water partition coefficient (Wildman–Crippen LogP) is 9.58. The highest BCUT2D eigenvalue weighted by Crippen LogP contribution is 2.31. The van der Waals surface area contributed by atoms with Gasteiger partial charge in [-0.25, -0.2) is 87.8 Å². The summed E-state index contributed by atoms with van der Waals surface area (Å²) in [7, 11) is 0. The van der Waals surface area contributed by atoms with Crippen LogP contribution in [0.25, 0.3) is 12.2 Å². The van der Waals surface area contributed by atoms with E-state index < -0.39 is 166 Å². The molecule has 0 aliphatic heterocycles. The third kappa shape index (κ3) is 10.2. The van der Waals surface area contributed by atoms with E-state index in [0.717, 1.165) is 20.9 Å². The second kappa shape index (κ2) is 22.6. The van der Waals surface area contributed by atoms with E-state index in [1.54, 1.807) is 34.8 Å². The summed E-state index contributed by atoms with van der Waals surface area (Å²) in [5.74, 6) is -71.4. The molecule has 0 aliphatic rings. The lowest BCUT2D eigenvalue weighted by Gasteiger charge is -2.44. The van der Waals surface area contributed by atoms with Gasteiger partial charge in [0.2, 0.25) is 5.77 Å². The Bertz CT molecular complexity index is 3200. The van der Waals surface area contributed by atoms with Crippen LogP contribution in [-0.4, -0.2) is 17.7 Å². The van der Waals surface area contributed by atoms with Crippen molar-refractivity contribution < 1.29 is 119 Å². The molecular formula is C50H18BF20IO2S2. The van der Waals surface area contributed by atoms with Crippen LogP contribution in [0.1, 0.15) is 30.5 Å². The molecule has 6 aromatic carbocycles. The molecule has 8 rings (SSSR count). The van der Waals surface area contributed by atoms with Crippen molar-refractivity contribution in [2.24, 2.45) is 0 Å². The first-order chi connectivity index (χ1) is 35.9. The highest BCUT2D eigenvalue weighted by Gasteiger charge is 2.52. The van der Waals surface area contributed by atoms with Crippen molar-refractivity contribution in [3.8, 4) is 0 Å². The fourth-order valence-corrected chi connectivity index (χ4v) is 13.7. The Balaban J connectivity index is 0.000000236. The molecule has 8 aromatic rings. The molecule has 0 N–H and O–H groups in total. The summed E-state index contributed by atoms with van der Waals surface area (Å²) < 4.78 is 296. The molecule has 76 heavy (non-hydrogen) atoms. The van der Waals surface area contributed by atoms with Gasteiger partial charge in [0.1, 0.15) is 52.7 Å². The minimum Gasteiger partial charge on any atom is -0.288 e. The molecule has 0 spiro atoms. The lowest BCUT2D eigenvalue weighted by atomic mass is 9.12. The van der Waals surface area contributed by atoms with Crippen LogP contribution >= 0.6 is 22.7 Å². The molecule has 0 radical (unpaired) electrons. The van der Waals surface area contributed by atoms with Crippen molar-refractivity contribution in [2.75, 3.05) is 0 Å². The predicted molar refractivity (Wildman–Crippen MR) is 235 cm³/mol. The zero-order valence-electron chi connectivity index (χ0n) is 36.5. The Kier molecular flexibility index (Phi) is 16.9. The van der Waals surface area contributed by atoms with E-state index in [4.69, 9.17) is 0 Å². The molecule has 0 amide bonds. The van der Waals surface area contributed by atoms with Crippen molar-refractivity contribution in [1.29, 1.82) is 0 Å². The van der Waals surface area contributed by atoms with Crippen molar-refractivity contribution in [2.45, 2.75) is 0 Å². The van der Waals surface area contributed by atoms with Crippen LogP contribution in [0.4, 0.5) is 87.8 Å². The van der Waals surface area contributed by atoms with E-state index in [2.05, 4.69) is 0 Å². The fourth-order valence-electron chi connectivity index (χ4n) is 7.60. The molecule has 2 nitrogen and oxygen atoms in total. The zero-order chi connectivity index (χ0) is 55.8. The largest absolute Gasteiger partial charge is 0.381 e. The van der Waals surface area contributed by atoms with Crippen LogP contribution in [0.5, 0.6) is 0 Å². The Hall–Kier alpha value is -7.07. The van der Waals surface area contributed by atoms with Crippen LogP contribution in [0.2, 0.25) is 0 Å². The molecule has 0 saturated carbocycles. The number of hydrogen-bond donors (Lipinski definition) is 0. The van der Waals surface area contributed by atoms with Gasteiger partial charge in [0.15, 0.2) is 81.4 Å². The van der Waals surface area contributed by atoms with Gasteiger partial charge in [-0.2, -0.15) is 0 Å². The Morgan fingerprint density at radius 3 is 0.776 bits per heavy atom. The minimum atomic E-state index is -7.22. The highest BCUT2D eigenvalue weighted by atomic mass is 127. The number of hydrogen-bond acceptors (Lipinski definition) is 4. The SMILES string of the molecule is Fc1c(F)c(F)c([B-](c2c(F)c(F)c(F)c(F)c2F)(c2c(F)c(F)c(F)c(F)c2F)c2c(F)c(F)c(F)c(F)c2F)c(F)c1F.O=C(C=Cc1ccccc1)c1ccc([I+]c2ccc(C(=O)C=Cc3ccccc3)s2)s1. The van der Waals surface area contributed by atoms with Crippen LogP contribution in [0, 0.1) is 122 Å². The van der Waals surface area contributed by atoms with E-state index in [9.17, 15) is 62.3 Å². The molecule has 0 fully saturated rings. The topological polar surface area (TPSA) is 34.1 Å². The van der Waals surface area contributed by atoms with E-state index in [1.165, 1.54) is 5.77 Å². The average Bonchev–Trinajstić information content (AvgIpc) is 4.24. The Morgan fingerprint density at radius 2 is 0.539 bits per heavy atom. The standard InChI is InChI=1S/C26H18IO2S2.C24BF20/c28-21(13-11-19-7-3-1-4-8-19)23-15-17-25(30-23)27-26-18-16-24(31-26)22(29)14-12-20-9-5-2-6-10-20;26-5-1(6(27)14(35)21(42)13(5)34)25(2-7(28)15(36)22(43)16(37)8(2)29,3-9(30)17(38)23(44)18(39)10(3)31)4-11(32)19(40)24(45)20(41)12(4)33/h1-18H;/q+1;-1. The molecule has 26 heteroatoms. The maximum atomic E-state index is 15.4. The number of allylic oxidation sites excluding steroid dienone is 2. The minimum absolute atomic E-state index is 0.0252. The summed E-state index contributed by atoms with van der Waals surface area (Å²) >= 11 is 2.70. The number of thiophene rings is 2. The smallest absolute Gasteiger partial charge is 0.288 e. The second-order valence-electron chi connectivity index (χ2n) is 15.3. The first-order valence-corrected chi connectivity index (χ1v) is 24.3. The molecule has 2 aromatic heterocycles. The highest BCUT2D eigenvalue weighted by molar-refractivity contribution is 7.20.